The number of rotatable bonds is 5. The molecule has 1 heterocycles. The van der Waals surface area contributed by atoms with Gasteiger partial charge in [-0.25, -0.2) is 4.68 Å². The van der Waals surface area contributed by atoms with Gasteiger partial charge in [-0.15, -0.1) is 0 Å². The largest absolute Gasteiger partial charge is 0.332 e. The second kappa shape index (κ2) is 7.86. The number of benzene rings is 2. The van der Waals surface area contributed by atoms with Crippen molar-refractivity contribution in [3.8, 4) is 5.69 Å². The molecule has 0 fully saturated rings. The Morgan fingerprint density at radius 2 is 1.67 bits per heavy atom. The minimum Gasteiger partial charge on any atom is -0.332 e. The number of carbonyl (C=O) groups excluding carboxylic acids is 2. The summed E-state index contributed by atoms with van der Waals surface area (Å²) in [6.45, 7) is 3.93. The van der Waals surface area contributed by atoms with Crippen LogP contribution in [0.15, 0.2) is 60.8 Å². The molecule has 0 aliphatic carbocycles. The fourth-order valence-corrected chi connectivity index (χ4v) is 2.73. The van der Waals surface area contributed by atoms with E-state index in [0.29, 0.717) is 11.3 Å². The predicted octanol–water partition coefficient (Wildman–Crippen LogP) is 3.20. The molecule has 27 heavy (non-hydrogen) atoms. The first-order valence-corrected chi connectivity index (χ1v) is 8.67. The Kier molecular flexibility index (Phi) is 5.35. The van der Waals surface area contributed by atoms with Crippen LogP contribution in [0.4, 0.5) is 5.69 Å². The molecule has 0 spiro atoms. The maximum atomic E-state index is 12.6. The van der Waals surface area contributed by atoms with Crippen molar-refractivity contribution in [3.63, 3.8) is 0 Å². The van der Waals surface area contributed by atoms with Crippen molar-refractivity contribution in [2.24, 2.45) is 0 Å². The van der Waals surface area contributed by atoms with Crippen LogP contribution >= 0.6 is 0 Å². The molecule has 138 valence electrons. The minimum absolute atomic E-state index is 0.0211. The van der Waals surface area contributed by atoms with E-state index in [2.05, 4.69) is 10.4 Å². The maximum absolute atomic E-state index is 12.6. The number of likely N-dealkylation sites (N-methyl/N-ethyl adjacent to an activating group) is 1. The Hall–Kier alpha value is -3.41. The van der Waals surface area contributed by atoms with Crippen molar-refractivity contribution in [3.05, 3.63) is 77.6 Å². The van der Waals surface area contributed by atoms with Crippen LogP contribution in [0.25, 0.3) is 5.69 Å². The van der Waals surface area contributed by atoms with Crippen LogP contribution in [0.2, 0.25) is 0 Å². The highest BCUT2D eigenvalue weighted by Crippen LogP contribution is 2.13. The van der Waals surface area contributed by atoms with E-state index in [-0.39, 0.29) is 18.4 Å². The van der Waals surface area contributed by atoms with Crippen molar-refractivity contribution in [1.29, 1.82) is 0 Å². The van der Waals surface area contributed by atoms with E-state index < -0.39 is 0 Å². The number of nitrogens with zero attached hydrogens (tertiary/aromatic N) is 3. The van der Waals surface area contributed by atoms with Gasteiger partial charge in [0.15, 0.2) is 0 Å². The lowest BCUT2D eigenvalue weighted by molar-refractivity contribution is -0.116. The van der Waals surface area contributed by atoms with E-state index in [1.54, 1.807) is 30.1 Å². The van der Waals surface area contributed by atoms with Crippen molar-refractivity contribution in [2.75, 3.05) is 18.9 Å². The Morgan fingerprint density at radius 3 is 2.26 bits per heavy atom. The van der Waals surface area contributed by atoms with E-state index in [1.165, 1.54) is 4.90 Å². The van der Waals surface area contributed by atoms with Gasteiger partial charge in [0.05, 0.1) is 12.2 Å². The molecule has 0 bridgehead atoms. The molecule has 0 saturated heterocycles. The lowest BCUT2D eigenvalue weighted by Crippen LogP contribution is -2.34. The normalized spacial score (nSPS) is 10.5. The first-order chi connectivity index (χ1) is 12.9. The molecular weight excluding hydrogens is 340 g/mol. The van der Waals surface area contributed by atoms with Crippen molar-refractivity contribution >= 4 is 17.5 Å². The van der Waals surface area contributed by atoms with Gasteiger partial charge in [-0.2, -0.15) is 5.10 Å². The third kappa shape index (κ3) is 4.41. The standard InChI is InChI=1S/C21H22N4O2/c1-15-4-8-18(9-5-15)23-20(26)14-24(3)21(27)17-6-10-19(11-7-17)25-16(2)12-13-22-25/h4-13H,14H2,1-3H3,(H,23,26). The summed E-state index contributed by atoms with van der Waals surface area (Å²) in [7, 11) is 1.61. The van der Waals surface area contributed by atoms with Crippen molar-refractivity contribution < 1.29 is 9.59 Å². The van der Waals surface area contributed by atoms with Crippen LogP contribution < -0.4 is 5.32 Å². The van der Waals surface area contributed by atoms with E-state index in [4.69, 9.17) is 0 Å². The average molecular weight is 362 g/mol. The molecule has 2 amide bonds. The average Bonchev–Trinajstić information content (AvgIpc) is 3.09. The maximum Gasteiger partial charge on any atom is 0.254 e. The van der Waals surface area contributed by atoms with E-state index >= 15 is 0 Å². The summed E-state index contributed by atoms with van der Waals surface area (Å²) in [4.78, 5) is 26.1. The first kappa shape index (κ1) is 18.4. The van der Waals surface area contributed by atoms with E-state index in [1.807, 2.05) is 56.3 Å². The van der Waals surface area contributed by atoms with E-state index in [9.17, 15) is 9.59 Å². The molecule has 0 aliphatic heterocycles. The lowest BCUT2D eigenvalue weighted by atomic mass is 10.2. The molecule has 3 rings (SSSR count). The number of amides is 2. The van der Waals surface area contributed by atoms with Gasteiger partial charge in [-0.05, 0) is 56.3 Å². The molecule has 6 nitrogen and oxygen atoms in total. The van der Waals surface area contributed by atoms with Crippen LogP contribution in [0.5, 0.6) is 0 Å². The molecule has 3 aromatic rings. The zero-order valence-corrected chi connectivity index (χ0v) is 15.6. The van der Waals surface area contributed by atoms with Crippen LogP contribution in [-0.4, -0.2) is 40.1 Å². The third-order valence-electron chi connectivity index (χ3n) is 4.25. The second-order valence-electron chi connectivity index (χ2n) is 6.51. The smallest absolute Gasteiger partial charge is 0.254 e. The number of carbonyl (C=O) groups is 2. The van der Waals surface area contributed by atoms with Gasteiger partial charge in [0.25, 0.3) is 5.91 Å². The number of aromatic nitrogens is 2. The number of anilines is 1. The molecule has 2 aromatic carbocycles. The van der Waals surface area contributed by atoms with Gasteiger partial charge in [-0.3, -0.25) is 9.59 Å². The van der Waals surface area contributed by atoms with Gasteiger partial charge < -0.3 is 10.2 Å². The van der Waals surface area contributed by atoms with E-state index in [0.717, 1.165) is 16.9 Å². The molecule has 0 saturated carbocycles. The Morgan fingerprint density at radius 1 is 1.00 bits per heavy atom. The summed E-state index contributed by atoms with van der Waals surface area (Å²) in [5.74, 6) is -0.448. The topological polar surface area (TPSA) is 67.2 Å². The highest BCUT2D eigenvalue weighted by molar-refractivity contribution is 5.99. The molecule has 0 aliphatic rings. The Labute approximate surface area is 158 Å². The zero-order valence-electron chi connectivity index (χ0n) is 15.6. The summed E-state index contributed by atoms with van der Waals surface area (Å²) in [6.07, 6.45) is 1.73. The molecule has 6 heteroatoms. The first-order valence-electron chi connectivity index (χ1n) is 8.67. The quantitative estimate of drug-likeness (QED) is 0.758. The van der Waals surface area contributed by atoms with Gasteiger partial charge in [0.2, 0.25) is 5.91 Å². The SMILES string of the molecule is Cc1ccc(NC(=O)CN(C)C(=O)c2ccc(-n3nccc3C)cc2)cc1. The monoisotopic (exact) mass is 362 g/mol. The van der Waals surface area contributed by atoms with Gasteiger partial charge in [-0.1, -0.05) is 17.7 Å². The van der Waals surface area contributed by atoms with Gasteiger partial charge >= 0.3 is 0 Å². The summed E-state index contributed by atoms with van der Waals surface area (Å²) in [5.41, 5.74) is 4.25. The van der Waals surface area contributed by atoms with Crippen LogP contribution in [-0.2, 0) is 4.79 Å². The number of hydrogen-bond acceptors (Lipinski definition) is 3. The van der Waals surface area contributed by atoms with Crippen LogP contribution in [0.3, 0.4) is 0 Å². The second-order valence-corrected chi connectivity index (χ2v) is 6.51. The predicted molar refractivity (Wildman–Crippen MR) is 105 cm³/mol. The van der Waals surface area contributed by atoms with Crippen LogP contribution in [0, 0.1) is 13.8 Å². The van der Waals surface area contributed by atoms with Gasteiger partial charge in [0, 0.05) is 30.2 Å². The Balaban J connectivity index is 1.62. The highest BCUT2D eigenvalue weighted by Gasteiger charge is 2.15. The fourth-order valence-electron chi connectivity index (χ4n) is 2.73. The molecular formula is C21H22N4O2. The molecule has 0 radical (unpaired) electrons. The molecule has 1 N–H and O–H groups in total. The summed E-state index contributed by atoms with van der Waals surface area (Å²) in [5, 5.41) is 7.04. The minimum atomic E-state index is -0.238. The number of hydrogen-bond donors (Lipinski definition) is 1. The third-order valence-corrected chi connectivity index (χ3v) is 4.25. The summed E-state index contributed by atoms with van der Waals surface area (Å²) >= 11 is 0. The molecule has 0 unspecified atom stereocenters. The summed E-state index contributed by atoms with van der Waals surface area (Å²) in [6, 6.07) is 16.6. The zero-order chi connectivity index (χ0) is 19.4. The van der Waals surface area contributed by atoms with Gasteiger partial charge in [0.1, 0.15) is 0 Å². The van der Waals surface area contributed by atoms with Crippen LogP contribution in [0.1, 0.15) is 21.6 Å². The fraction of sp³-hybridized carbons (Fsp3) is 0.190. The highest BCUT2D eigenvalue weighted by atomic mass is 16.2. The molecule has 1 aromatic heterocycles. The molecule has 0 atom stereocenters. The summed E-state index contributed by atoms with van der Waals surface area (Å²) < 4.78 is 1.80. The lowest BCUT2D eigenvalue weighted by Gasteiger charge is -2.17. The number of aryl methyl sites for hydroxylation is 2. The van der Waals surface area contributed by atoms with Crippen molar-refractivity contribution in [1.82, 2.24) is 14.7 Å². The Bertz CT molecular complexity index is 943. The van der Waals surface area contributed by atoms with Crippen molar-refractivity contribution in [2.45, 2.75) is 13.8 Å². The number of nitrogens with one attached hydrogen (secondary N) is 1.